The summed E-state index contributed by atoms with van der Waals surface area (Å²) >= 11 is 0. The van der Waals surface area contributed by atoms with Crippen molar-refractivity contribution in [3.8, 4) is 0 Å². The second kappa shape index (κ2) is 10.5. The minimum absolute atomic E-state index is 0. The summed E-state index contributed by atoms with van der Waals surface area (Å²) in [6.45, 7) is -1.57. The molecule has 0 aromatic heterocycles. The zero-order valence-electron chi connectivity index (χ0n) is 12.2. The number of hydrogen-bond acceptors (Lipinski definition) is 9. The van der Waals surface area contributed by atoms with Crippen LogP contribution in [0.2, 0.25) is 0 Å². The molecule has 0 bridgehead atoms. The number of carbonyl (C=O) groups excluding carboxylic acids is 2. The minimum atomic E-state index is -4.92. The number of esters is 2. The van der Waals surface area contributed by atoms with Gasteiger partial charge in [-0.25, -0.2) is 18.0 Å². The maximum absolute atomic E-state index is 11.6. The maximum Gasteiger partial charge on any atom is 1.00 e. The molecular formula is C12H13KO9S. The summed E-state index contributed by atoms with van der Waals surface area (Å²) in [4.78, 5) is 22.5. The summed E-state index contributed by atoms with van der Waals surface area (Å²) in [5, 5.41) is 17.1. The quantitative estimate of drug-likeness (QED) is 0.276. The van der Waals surface area contributed by atoms with E-state index >= 15 is 0 Å². The van der Waals surface area contributed by atoms with Gasteiger partial charge in [0.1, 0.15) is 23.3 Å². The van der Waals surface area contributed by atoms with Crippen molar-refractivity contribution in [3.05, 3.63) is 29.3 Å². The van der Waals surface area contributed by atoms with Gasteiger partial charge in [-0.1, -0.05) is 0 Å². The zero-order chi connectivity index (χ0) is 16.8. The third kappa shape index (κ3) is 7.37. The monoisotopic (exact) mass is 372 g/mol. The van der Waals surface area contributed by atoms with Crippen molar-refractivity contribution in [2.45, 2.75) is 4.90 Å². The molecule has 1 aromatic rings. The van der Waals surface area contributed by atoms with E-state index in [1.807, 2.05) is 0 Å². The Kier molecular flexibility index (Phi) is 10.3. The Morgan fingerprint density at radius 3 is 1.65 bits per heavy atom. The van der Waals surface area contributed by atoms with Crippen molar-refractivity contribution in [3.63, 3.8) is 0 Å². The molecule has 0 unspecified atom stereocenters. The van der Waals surface area contributed by atoms with Crippen molar-refractivity contribution in [2.24, 2.45) is 0 Å². The van der Waals surface area contributed by atoms with Crippen molar-refractivity contribution in [1.82, 2.24) is 0 Å². The number of aliphatic hydroxyl groups is 2. The third-order valence-corrected chi connectivity index (χ3v) is 3.13. The van der Waals surface area contributed by atoms with Crippen LogP contribution in [0, 0.1) is 0 Å². The summed E-state index contributed by atoms with van der Waals surface area (Å²) in [5.41, 5.74) is -0.720. The van der Waals surface area contributed by atoms with Gasteiger partial charge in [0.05, 0.1) is 29.2 Å². The van der Waals surface area contributed by atoms with E-state index in [0.717, 1.165) is 18.2 Å². The molecule has 0 atom stereocenters. The zero-order valence-corrected chi connectivity index (χ0v) is 16.2. The van der Waals surface area contributed by atoms with E-state index in [1.54, 1.807) is 0 Å². The molecule has 0 aliphatic carbocycles. The standard InChI is InChI=1S/C12H14O9S.K/c13-1-3-20-11(15)8-5-9(12(16)21-4-2-14)7-10(6-8)22(17,18)19;/h5-7,13-14H,1-4H2,(H,17,18,19);/q;+1/p-1. The number of benzene rings is 1. The van der Waals surface area contributed by atoms with E-state index < -0.39 is 40.2 Å². The molecule has 0 spiro atoms. The van der Waals surface area contributed by atoms with Crippen LogP contribution in [0.4, 0.5) is 0 Å². The molecule has 2 N–H and O–H groups in total. The average Bonchev–Trinajstić information content (AvgIpc) is 2.48. The fraction of sp³-hybridized carbons (Fsp3) is 0.333. The van der Waals surface area contributed by atoms with Gasteiger partial charge in [-0.2, -0.15) is 0 Å². The number of ether oxygens (including phenoxy) is 2. The summed E-state index contributed by atoms with van der Waals surface area (Å²) in [6, 6.07) is 2.49. The summed E-state index contributed by atoms with van der Waals surface area (Å²) in [5.74, 6) is -2.04. The van der Waals surface area contributed by atoms with Gasteiger partial charge in [-0.05, 0) is 18.2 Å². The smallest absolute Gasteiger partial charge is 0.744 e. The molecule has 0 aliphatic rings. The van der Waals surface area contributed by atoms with Gasteiger partial charge in [0.15, 0.2) is 0 Å². The number of hydrogen-bond donors (Lipinski definition) is 2. The molecule has 23 heavy (non-hydrogen) atoms. The van der Waals surface area contributed by atoms with Gasteiger partial charge < -0.3 is 24.2 Å². The minimum Gasteiger partial charge on any atom is -0.744 e. The van der Waals surface area contributed by atoms with Gasteiger partial charge in [0.25, 0.3) is 0 Å². The molecule has 11 heteroatoms. The van der Waals surface area contributed by atoms with Crippen LogP contribution < -0.4 is 51.4 Å². The van der Waals surface area contributed by atoms with Crippen LogP contribution in [0.25, 0.3) is 0 Å². The normalized spacial score (nSPS) is 10.6. The van der Waals surface area contributed by atoms with Gasteiger partial charge in [0.2, 0.25) is 0 Å². The Morgan fingerprint density at radius 1 is 0.957 bits per heavy atom. The van der Waals surface area contributed by atoms with Crippen LogP contribution in [0.15, 0.2) is 23.1 Å². The Bertz CT molecular complexity index is 618. The molecule has 0 radical (unpaired) electrons. The molecule has 0 saturated heterocycles. The largest absolute Gasteiger partial charge is 1.00 e. The van der Waals surface area contributed by atoms with E-state index in [2.05, 4.69) is 9.47 Å². The Morgan fingerprint density at radius 2 is 1.35 bits per heavy atom. The first kappa shape index (κ1) is 22.6. The SMILES string of the molecule is O=C(OCCO)c1cc(C(=O)OCCO)cc(S(=O)(=O)[O-])c1.[K+]. The van der Waals surface area contributed by atoms with Crippen LogP contribution in [0.3, 0.4) is 0 Å². The molecular weight excluding hydrogens is 359 g/mol. The molecule has 9 nitrogen and oxygen atoms in total. The first-order valence-corrected chi connectivity index (χ1v) is 7.37. The molecule has 1 aromatic carbocycles. The number of aliphatic hydroxyl groups excluding tert-OH is 2. The van der Waals surface area contributed by atoms with Gasteiger partial charge in [-0.15, -0.1) is 0 Å². The van der Waals surface area contributed by atoms with Gasteiger partial charge >= 0.3 is 63.3 Å². The predicted octanol–water partition coefficient (Wildman–Crippen LogP) is -4.11. The van der Waals surface area contributed by atoms with Crippen LogP contribution in [0.5, 0.6) is 0 Å². The van der Waals surface area contributed by atoms with Crippen LogP contribution in [0.1, 0.15) is 20.7 Å². The number of carbonyl (C=O) groups is 2. The molecule has 1 rings (SSSR count). The first-order valence-electron chi connectivity index (χ1n) is 5.96. The molecule has 122 valence electrons. The topological polar surface area (TPSA) is 150 Å². The molecule has 0 amide bonds. The Hall–Kier alpha value is -0.374. The second-order valence-corrected chi connectivity index (χ2v) is 5.30. The van der Waals surface area contributed by atoms with Gasteiger partial charge in [0, 0.05) is 0 Å². The summed E-state index contributed by atoms with van der Waals surface area (Å²) in [6.07, 6.45) is 0. The average molecular weight is 372 g/mol. The number of rotatable bonds is 7. The first-order chi connectivity index (χ1) is 10.3. The van der Waals surface area contributed by atoms with Gasteiger partial charge in [-0.3, -0.25) is 0 Å². The molecule has 0 fully saturated rings. The molecule has 0 aliphatic heterocycles. The van der Waals surface area contributed by atoms with Crippen molar-refractivity contribution in [1.29, 1.82) is 0 Å². The van der Waals surface area contributed by atoms with Crippen LogP contribution >= 0.6 is 0 Å². The van der Waals surface area contributed by atoms with Crippen molar-refractivity contribution >= 4 is 22.1 Å². The van der Waals surface area contributed by atoms with Crippen molar-refractivity contribution in [2.75, 3.05) is 26.4 Å². The molecule has 0 heterocycles. The Labute approximate surface area is 174 Å². The van der Waals surface area contributed by atoms with E-state index in [4.69, 9.17) is 10.2 Å². The fourth-order valence-corrected chi connectivity index (χ4v) is 1.97. The predicted molar refractivity (Wildman–Crippen MR) is 69.1 cm³/mol. The van der Waals surface area contributed by atoms with E-state index in [0.29, 0.717) is 0 Å². The third-order valence-electron chi connectivity index (χ3n) is 2.32. The Balaban J connectivity index is 0.00000484. The molecule has 0 saturated carbocycles. The van der Waals surface area contributed by atoms with E-state index in [9.17, 15) is 22.6 Å². The summed E-state index contributed by atoms with van der Waals surface area (Å²) in [7, 11) is -4.92. The van der Waals surface area contributed by atoms with Crippen LogP contribution in [-0.2, 0) is 19.6 Å². The second-order valence-electron chi connectivity index (χ2n) is 3.92. The fourth-order valence-electron chi connectivity index (χ4n) is 1.42. The van der Waals surface area contributed by atoms with Crippen molar-refractivity contribution < 1.29 is 93.6 Å². The maximum atomic E-state index is 11.6. The van der Waals surface area contributed by atoms with E-state index in [1.165, 1.54) is 0 Å². The van der Waals surface area contributed by atoms with Crippen LogP contribution in [-0.4, -0.2) is 61.5 Å². The summed E-state index contributed by atoms with van der Waals surface area (Å²) < 4.78 is 42.4. The van der Waals surface area contributed by atoms with E-state index in [-0.39, 0.29) is 75.7 Å².